The predicted molar refractivity (Wildman–Crippen MR) is 106 cm³/mol. The minimum atomic E-state index is -0.161. The fourth-order valence-corrected chi connectivity index (χ4v) is 3.06. The molecule has 26 heavy (non-hydrogen) atoms. The number of carbonyl (C=O) groups is 1. The average molecular weight is 362 g/mol. The Bertz CT molecular complexity index is 1070. The number of H-pyrrole nitrogens is 1. The van der Waals surface area contributed by atoms with E-state index in [9.17, 15) is 4.79 Å². The topological polar surface area (TPSA) is 57.8 Å². The van der Waals surface area contributed by atoms with Crippen molar-refractivity contribution in [3.63, 3.8) is 0 Å². The average Bonchev–Trinajstić information content (AvgIpc) is 3.08. The summed E-state index contributed by atoms with van der Waals surface area (Å²) >= 11 is 5.95. The smallest absolute Gasteiger partial charge is 0.255 e. The fourth-order valence-electron chi connectivity index (χ4n) is 2.83. The van der Waals surface area contributed by atoms with Gasteiger partial charge in [-0.25, -0.2) is 4.98 Å². The van der Waals surface area contributed by atoms with Crippen molar-refractivity contribution in [2.24, 2.45) is 0 Å². The van der Waals surface area contributed by atoms with Crippen LogP contribution in [-0.2, 0) is 0 Å². The number of aromatic nitrogens is 2. The number of imidazole rings is 1. The maximum Gasteiger partial charge on any atom is 0.255 e. The van der Waals surface area contributed by atoms with Gasteiger partial charge in [0.1, 0.15) is 5.82 Å². The fraction of sp³-hybridized carbons (Fsp3) is 0.0476. The van der Waals surface area contributed by atoms with E-state index in [1.165, 1.54) is 0 Å². The highest BCUT2D eigenvalue weighted by Gasteiger charge is 2.10. The van der Waals surface area contributed by atoms with Crippen molar-refractivity contribution in [2.45, 2.75) is 6.92 Å². The summed E-state index contributed by atoms with van der Waals surface area (Å²) in [6.07, 6.45) is 0. The number of hydrogen-bond acceptors (Lipinski definition) is 2. The molecule has 0 bridgehead atoms. The van der Waals surface area contributed by atoms with Gasteiger partial charge in [-0.3, -0.25) is 4.79 Å². The molecule has 4 nitrogen and oxygen atoms in total. The van der Waals surface area contributed by atoms with Crippen LogP contribution < -0.4 is 5.32 Å². The van der Waals surface area contributed by atoms with Crippen LogP contribution in [0.15, 0.2) is 66.7 Å². The van der Waals surface area contributed by atoms with Crippen molar-refractivity contribution in [1.82, 2.24) is 9.97 Å². The molecule has 0 atom stereocenters. The predicted octanol–water partition coefficient (Wildman–Crippen LogP) is 5.44. The van der Waals surface area contributed by atoms with E-state index in [2.05, 4.69) is 15.3 Å². The number of nitrogens with zero attached hydrogens (tertiary/aromatic N) is 1. The number of rotatable bonds is 3. The number of carbonyl (C=O) groups excluding carboxylic acids is 1. The lowest BCUT2D eigenvalue weighted by Crippen LogP contribution is -2.12. The zero-order valence-electron chi connectivity index (χ0n) is 14.1. The Morgan fingerprint density at radius 2 is 1.81 bits per heavy atom. The van der Waals surface area contributed by atoms with Crippen molar-refractivity contribution in [3.8, 4) is 11.4 Å². The van der Waals surface area contributed by atoms with E-state index in [0.29, 0.717) is 10.6 Å². The minimum Gasteiger partial charge on any atom is -0.338 e. The molecule has 0 saturated heterocycles. The Kier molecular flexibility index (Phi) is 4.19. The number of para-hydroxylation sites is 2. The summed E-state index contributed by atoms with van der Waals surface area (Å²) in [7, 11) is 0. The summed E-state index contributed by atoms with van der Waals surface area (Å²) in [4.78, 5) is 20.3. The molecule has 0 spiro atoms. The van der Waals surface area contributed by atoms with Gasteiger partial charge in [0, 0.05) is 21.8 Å². The van der Waals surface area contributed by atoms with Crippen LogP contribution in [0.25, 0.3) is 22.4 Å². The first-order valence-electron chi connectivity index (χ1n) is 8.23. The van der Waals surface area contributed by atoms with Crippen LogP contribution in [0, 0.1) is 6.92 Å². The monoisotopic (exact) mass is 361 g/mol. The Balaban J connectivity index is 1.56. The maximum absolute atomic E-state index is 12.5. The molecule has 0 saturated carbocycles. The summed E-state index contributed by atoms with van der Waals surface area (Å²) in [6, 6.07) is 20.6. The molecule has 2 N–H and O–H groups in total. The molecule has 3 aromatic carbocycles. The summed E-state index contributed by atoms with van der Waals surface area (Å²) in [5.74, 6) is 0.623. The van der Waals surface area contributed by atoms with Crippen LogP contribution in [0.5, 0.6) is 0 Å². The van der Waals surface area contributed by atoms with E-state index < -0.39 is 0 Å². The highest BCUT2D eigenvalue weighted by atomic mass is 35.5. The standard InChI is InChI=1S/C21H16ClN3O/c1-13-12-16(22)10-11-17(13)25-21(26)15-8-6-14(7-9-15)20-23-18-4-2-3-5-19(18)24-20/h2-12H,1H3,(H,23,24)(H,25,26). The number of amides is 1. The van der Waals surface area contributed by atoms with Crippen molar-refractivity contribution >= 4 is 34.2 Å². The largest absolute Gasteiger partial charge is 0.338 e. The van der Waals surface area contributed by atoms with Gasteiger partial charge >= 0.3 is 0 Å². The molecule has 1 aromatic heterocycles. The van der Waals surface area contributed by atoms with Gasteiger partial charge in [-0.1, -0.05) is 35.9 Å². The number of hydrogen-bond donors (Lipinski definition) is 2. The zero-order valence-corrected chi connectivity index (χ0v) is 14.8. The third-order valence-corrected chi connectivity index (χ3v) is 4.48. The molecule has 128 valence electrons. The third kappa shape index (κ3) is 3.19. The summed E-state index contributed by atoms with van der Waals surface area (Å²) in [5.41, 5.74) is 5.09. The van der Waals surface area contributed by atoms with E-state index in [4.69, 9.17) is 11.6 Å². The molecule has 0 fully saturated rings. The van der Waals surface area contributed by atoms with Crippen LogP contribution in [0.2, 0.25) is 5.02 Å². The van der Waals surface area contributed by atoms with Gasteiger partial charge < -0.3 is 10.3 Å². The van der Waals surface area contributed by atoms with Gasteiger partial charge in [0.05, 0.1) is 11.0 Å². The van der Waals surface area contributed by atoms with E-state index >= 15 is 0 Å². The molecule has 0 unspecified atom stereocenters. The van der Waals surface area contributed by atoms with Crippen LogP contribution in [-0.4, -0.2) is 15.9 Å². The zero-order chi connectivity index (χ0) is 18.1. The minimum absolute atomic E-state index is 0.161. The molecule has 4 rings (SSSR count). The van der Waals surface area contributed by atoms with Gasteiger partial charge in [0.2, 0.25) is 0 Å². The normalized spacial score (nSPS) is 10.8. The first-order chi connectivity index (χ1) is 12.6. The molecular weight excluding hydrogens is 346 g/mol. The second-order valence-electron chi connectivity index (χ2n) is 6.09. The number of anilines is 1. The van der Waals surface area contributed by atoms with Crippen LogP contribution in [0.3, 0.4) is 0 Å². The number of benzene rings is 3. The Morgan fingerprint density at radius 1 is 1.04 bits per heavy atom. The van der Waals surface area contributed by atoms with Gasteiger partial charge in [-0.05, 0) is 55.0 Å². The molecule has 0 aliphatic rings. The van der Waals surface area contributed by atoms with Crippen LogP contribution in [0.4, 0.5) is 5.69 Å². The molecule has 1 amide bonds. The van der Waals surface area contributed by atoms with Crippen molar-refractivity contribution in [3.05, 3.63) is 82.9 Å². The first kappa shape index (κ1) is 16.4. The Hall–Kier alpha value is -3.11. The molecule has 4 aromatic rings. The van der Waals surface area contributed by atoms with Gasteiger partial charge in [0.25, 0.3) is 5.91 Å². The molecule has 5 heteroatoms. The number of fused-ring (bicyclic) bond motifs is 1. The summed E-state index contributed by atoms with van der Waals surface area (Å²) in [5, 5.41) is 3.56. The van der Waals surface area contributed by atoms with E-state index in [-0.39, 0.29) is 5.91 Å². The van der Waals surface area contributed by atoms with Gasteiger partial charge in [0.15, 0.2) is 0 Å². The quantitative estimate of drug-likeness (QED) is 0.510. The van der Waals surface area contributed by atoms with E-state index in [0.717, 1.165) is 33.7 Å². The molecule has 1 heterocycles. The number of aryl methyl sites for hydroxylation is 1. The highest BCUT2D eigenvalue weighted by molar-refractivity contribution is 6.30. The summed E-state index contributed by atoms with van der Waals surface area (Å²) in [6.45, 7) is 1.91. The molecular formula is C21H16ClN3O. The number of aromatic amines is 1. The lowest BCUT2D eigenvalue weighted by Gasteiger charge is -2.09. The number of nitrogens with one attached hydrogen (secondary N) is 2. The van der Waals surface area contributed by atoms with Crippen LogP contribution >= 0.6 is 11.6 Å². The Morgan fingerprint density at radius 3 is 2.54 bits per heavy atom. The van der Waals surface area contributed by atoms with Gasteiger partial charge in [-0.15, -0.1) is 0 Å². The van der Waals surface area contributed by atoms with Crippen molar-refractivity contribution < 1.29 is 4.79 Å². The first-order valence-corrected chi connectivity index (χ1v) is 8.61. The van der Waals surface area contributed by atoms with E-state index in [1.54, 1.807) is 24.3 Å². The Labute approximate surface area is 155 Å². The van der Waals surface area contributed by atoms with E-state index in [1.807, 2.05) is 49.4 Å². The molecule has 0 aliphatic heterocycles. The lowest BCUT2D eigenvalue weighted by atomic mass is 10.1. The van der Waals surface area contributed by atoms with Crippen molar-refractivity contribution in [2.75, 3.05) is 5.32 Å². The van der Waals surface area contributed by atoms with Crippen LogP contribution in [0.1, 0.15) is 15.9 Å². The lowest BCUT2D eigenvalue weighted by molar-refractivity contribution is 0.102. The molecule has 0 radical (unpaired) electrons. The maximum atomic E-state index is 12.5. The second-order valence-corrected chi connectivity index (χ2v) is 6.53. The highest BCUT2D eigenvalue weighted by Crippen LogP contribution is 2.22. The third-order valence-electron chi connectivity index (χ3n) is 4.25. The van der Waals surface area contributed by atoms with Gasteiger partial charge in [-0.2, -0.15) is 0 Å². The second kappa shape index (κ2) is 6.65. The number of halogens is 1. The molecule has 0 aliphatic carbocycles. The summed E-state index contributed by atoms with van der Waals surface area (Å²) < 4.78 is 0. The SMILES string of the molecule is Cc1cc(Cl)ccc1NC(=O)c1ccc(-c2nc3ccccc3[nH]2)cc1. The van der Waals surface area contributed by atoms with Crippen molar-refractivity contribution in [1.29, 1.82) is 0 Å².